The van der Waals surface area contributed by atoms with E-state index in [9.17, 15) is 19.8 Å². The van der Waals surface area contributed by atoms with Crippen LogP contribution in [0.2, 0.25) is 5.02 Å². The summed E-state index contributed by atoms with van der Waals surface area (Å²) in [5.74, 6) is -1.43. The number of phenols is 1. The van der Waals surface area contributed by atoms with Gasteiger partial charge in [0.05, 0.1) is 16.2 Å². The van der Waals surface area contributed by atoms with Crippen molar-refractivity contribution >= 4 is 40.0 Å². The molecular weight excluding hydrogens is 487 g/mol. The van der Waals surface area contributed by atoms with Gasteiger partial charge in [0.25, 0.3) is 0 Å². The van der Waals surface area contributed by atoms with E-state index in [1.54, 1.807) is 36.5 Å². The van der Waals surface area contributed by atoms with Crippen molar-refractivity contribution in [3.63, 3.8) is 0 Å². The molecule has 1 aliphatic rings. The zero-order valence-corrected chi connectivity index (χ0v) is 19.7. The smallest absolute Gasteiger partial charge is 0.341 e. The van der Waals surface area contributed by atoms with Gasteiger partial charge in [-0.1, -0.05) is 11.6 Å². The summed E-state index contributed by atoms with van der Waals surface area (Å²) in [4.78, 5) is 30.8. The second-order valence-corrected chi connectivity index (χ2v) is 9.00. The van der Waals surface area contributed by atoms with Crippen molar-refractivity contribution in [2.24, 2.45) is 0 Å². The molecule has 10 heteroatoms. The standard InChI is InChI=1S/C26H22ClFN4O4/c27-20-4-1-9-29-25(20)30-13-16-3-2-10-31(16)23-12-22-18(11-21(23)28)24(34)19(26(35)36)14-32(22)15-5-7-17(33)8-6-15/h1,4-9,11-12,14,16,33H,2-3,10,13H2,(H,29,30)(H,35,36)/t16-/m1/s1. The molecule has 1 atom stereocenters. The lowest BCUT2D eigenvalue weighted by atomic mass is 10.1. The zero-order valence-electron chi connectivity index (χ0n) is 19.0. The van der Waals surface area contributed by atoms with E-state index in [2.05, 4.69) is 10.3 Å². The molecule has 2 aromatic heterocycles. The molecule has 1 aliphatic heterocycles. The number of carbonyl (C=O) groups is 1. The molecule has 5 rings (SSSR count). The number of aromatic carboxylic acids is 1. The Balaban J connectivity index is 1.59. The van der Waals surface area contributed by atoms with E-state index in [-0.39, 0.29) is 17.2 Å². The minimum Gasteiger partial charge on any atom is -0.508 e. The van der Waals surface area contributed by atoms with Gasteiger partial charge in [0.15, 0.2) is 0 Å². The number of fused-ring (bicyclic) bond motifs is 1. The number of aromatic nitrogens is 2. The van der Waals surface area contributed by atoms with Crippen molar-refractivity contribution in [2.75, 3.05) is 23.3 Å². The van der Waals surface area contributed by atoms with Crippen molar-refractivity contribution in [3.05, 3.63) is 87.6 Å². The first kappa shape index (κ1) is 23.6. The summed E-state index contributed by atoms with van der Waals surface area (Å²) < 4.78 is 17.0. The summed E-state index contributed by atoms with van der Waals surface area (Å²) in [7, 11) is 0. The molecule has 4 aromatic rings. The van der Waals surface area contributed by atoms with Crippen LogP contribution in [0.3, 0.4) is 0 Å². The Hall–Kier alpha value is -4.11. The number of carboxylic acid groups (broad SMARTS) is 1. The van der Waals surface area contributed by atoms with Crippen LogP contribution in [0.5, 0.6) is 5.75 Å². The Kier molecular flexibility index (Phi) is 6.24. The molecule has 1 fully saturated rings. The molecule has 2 aromatic carbocycles. The molecular formula is C26H22ClFN4O4. The van der Waals surface area contributed by atoms with Crippen LogP contribution in [0.1, 0.15) is 23.2 Å². The third-order valence-electron chi connectivity index (χ3n) is 6.38. The molecule has 0 bridgehead atoms. The van der Waals surface area contributed by atoms with Crippen LogP contribution in [0, 0.1) is 5.82 Å². The van der Waals surface area contributed by atoms with Crippen molar-refractivity contribution in [3.8, 4) is 11.4 Å². The maximum absolute atomic E-state index is 15.4. The molecule has 0 spiro atoms. The number of anilines is 2. The van der Waals surface area contributed by atoms with Crippen molar-refractivity contribution in [1.29, 1.82) is 0 Å². The molecule has 8 nitrogen and oxygen atoms in total. The van der Waals surface area contributed by atoms with Crippen LogP contribution in [-0.2, 0) is 0 Å². The van der Waals surface area contributed by atoms with E-state index >= 15 is 4.39 Å². The first-order chi connectivity index (χ1) is 17.3. The number of nitrogens with zero attached hydrogens (tertiary/aromatic N) is 3. The molecule has 0 unspecified atom stereocenters. The van der Waals surface area contributed by atoms with Crippen molar-refractivity contribution in [1.82, 2.24) is 9.55 Å². The van der Waals surface area contributed by atoms with Crippen LogP contribution in [0.25, 0.3) is 16.6 Å². The molecule has 36 heavy (non-hydrogen) atoms. The van der Waals surface area contributed by atoms with E-state index in [1.807, 2.05) is 4.90 Å². The van der Waals surface area contributed by atoms with Gasteiger partial charge in [-0.15, -0.1) is 0 Å². The topological polar surface area (TPSA) is 108 Å². The van der Waals surface area contributed by atoms with E-state index in [1.165, 1.54) is 22.9 Å². The number of aromatic hydroxyl groups is 1. The number of nitrogens with one attached hydrogen (secondary N) is 1. The molecule has 3 N–H and O–H groups in total. The van der Waals surface area contributed by atoms with Crippen LogP contribution >= 0.6 is 11.6 Å². The summed E-state index contributed by atoms with van der Waals surface area (Å²) in [5.41, 5.74) is -0.0460. The SMILES string of the molecule is O=C(O)c1cn(-c2ccc(O)cc2)c2cc(N3CCC[C@@H]3CNc3ncccc3Cl)c(F)cc2c1=O. The van der Waals surface area contributed by atoms with Gasteiger partial charge >= 0.3 is 5.97 Å². The largest absolute Gasteiger partial charge is 0.508 e. The number of carboxylic acids is 1. The fourth-order valence-corrected chi connectivity index (χ4v) is 4.82. The van der Waals surface area contributed by atoms with Gasteiger partial charge in [0.2, 0.25) is 5.43 Å². The molecule has 0 amide bonds. The minimum absolute atomic E-state index is 0.0368. The second-order valence-electron chi connectivity index (χ2n) is 8.59. The highest BCUT2D eigenvalue weighted by atomic mass is 35.5. The Morgan fingerprint density at radius 2 is 2.00 bits per heavy atom. The number of hydrogen-bond donors (Lipinski definition) is 3. The highest BCUT2D eigenvalue weighted by molar-refractivity contribution is 6.32. The predicted octanol–water partition coefficient (Wildman–Crippen LogP) is 4.66. The summed E-state index contributed by atoms with van der Waals surface area (Å²) in [6.07, 6.45) is 4.53. The van der Waals surface area contributed by atoms with Gasteiger partial charge < -0.3 is 25.0 Å². The Labute approximate surface area is 210 Å². The number of pyridine rings is 2. The van der Waals surface area contributed by atoms with Crippen molar-refractivity contribution in [2.45, 2.75) is 18.9 Å². The van der Waals surface area contributed by atoms with Crippen LogP contribution in [0.4, 0.5) is 15.9 Å². The lowest BCUT2D eigenvalue weighted by molar-refractivity contribution is 0.0695. The van der Waals surface area contributed by atoms with Crippen LogP contribution in [-0.4, -0.2) is 44.9 Å². The Morgan fingerprint density at radius 1 is 1.22 bits per heavy atom. The van der Waals surface area contributed by atoms with Gasteiger partial charge in [-0.05, 0) is 61.4 Å². The van der Waals surface area contributed by atoms with Gasteiger partial charge in [-0.25, -0.2) is 14.2 Å². The average molecular weight is 509 g/mol. The van der Waals surface area contributed by atoms with Gasteiger partial charge in [0.1, 0.15) is 22.9 Å². The van der Waals surface area contributed by atoms with E-state index < -0.39 is 22.8 Å². The summed E-state index contributed by atoms with van der Waals surface area (Å²) in [6, 6.07) is 12.2. The average Bonchev–Trinajstić information content (AvgIpc) is 3.32. The lowest BCUT2D eigenvalue weighted by Gasteiger charge is -2.28. The second kappa shape index (κ2) is 9.50. The first-order valence-corrected chi connectivity index (χ1v) is 11.7. The Bertz CT molecular complexity index is 1520. The van der Waals surface area contributed by atoms with Gasteiger partial charge in [-0.3, -0.25) is 4.79 Å². The summed E-state index contributed by atoms with van der Waals surface area (Å²) in [5, 5.41) is 22.9. The number of phenolic OH excluding ortho intramolecular Hbond substituents is 1. The van der Waals surface area contributed by atoms with Crippen LogP contribution < -0.4 is 15.6 Å². The maximum atomic E-state index is 15.4. The quantitative estimate of drug-likeness (QED) is 0.347. The number of halogens is 2. The molecule has 3 heterocycles. The number of rotatable bonds is 6. The fraction of sp³-hybridized carbons (Fsp3) is 0.192. The normalized spacial score (nSPS) is 15.4. The Morgan fingerprint density at radius 3 is 2.72 bits per heavy atom. The highest BCUT2D eigenvalue weighted by Gasteiger charge is 2.28. The summed E-state index contributed by atoms with van der Waals surface area (Å²) >= 11 is 6.20. The molecule has 0 saturated carbocycles. The van der Waals surface area contributed by atoms with Gasteiger partial charge in [0, 0.05) is 42.6 Å². The molecule has 184 valence electrons. The van der Waals surface area contributed by atoms with Gasteiger partial charge in [-0.2, -0.15) is 0 Å². The maximum Gasteiger partial charge on any atom is 0.341 e. The molecule has 0 aliphatic carbocycles. The predicted molar refractivity (Wildman–Crippen MR) is 136 cm³/mol. The first-order valence-electron chi connectivity index (χ1n) is 11.4. The van der Waals surface area contributed by atoms with E-state index in [0.717, 1.165) is 18.9 Å². The number of hydrogen-bond acceptors (Lipinski definition) is 6. The number of benzene rings is 2. The zero-order chi connectivity index (χ0) is 25.4. The van der Waals surface area contributed by atoms with Crippen molar-refractivity contribution < 1.29 is 19.4 Å². The van der Waals surface area contributed by atoms with E-state index in [4.69, 9.17) is 11.6 Å². The third-order valence-corrected chi connectivity index (χ3v) is 6.69. The molecule has 1 saturated heterocycles. The molecule has 0 radical (unpaired) electrons. The minimum atomic E-state index is -1.40. The fourth-order valence-electron chi connectivity index (χ4n) is 4.63. The summed E-state index contributed by atoms with van der Waals surface area (Å²) in [6.45, 7) is 1.10. The highest BCUT2D eigenvalue weighted by Crippen LogP contribution is 2.32. The third kappa shape index (κ3) is 4.33. The monoisotopic (exact) mass is 508 g/mol. The van der Waals surface area contributed by atoms with Crippen LogP contribution in [0.15, 0.2) is 65.7 Å². The van der Waals surface area contributed by atoms with E-state index in [0.29, 0.717) is 40.8 Å². The lowest BCUT2D eigenvalue weighted by Crippen LogP contribution is -2.35.